The van der Waals surface area contributed by atoms with Crippen LogP contribution in [0.5, 0.6) is 5.75 Å². The molecule has 0 heterocycles. The highest BCUT2D eigenvalue weighted by molar-refractivity contribution is 14.1. The summed E-state index contributed by atoms with van der Waals surface area (Å²) in [6.45, 7) is 15.0. The third-order valence-electron chi connectivity index (χ3n) is 17.2. The van der Waals surface area contributed by atoms with Crippen molar-refractivity contribution in [2.45, 2.75) is 261 Å². The minimum atomic E-state index is -1.70. The number of carbonyl (C=O) groups excluding carboxylic acids is 10. The average Bonchev–Trinajstić information content (AvgIpc) is 0.793. The predicted molar refractivity (Wildman–Crippen MR) is 400 cm³/mol. The van der Waals surface area contributed by atoms with Gasteiger partial charge in [-0.2, -0.15) is 0 Å². The van der Waals surface area contributed by atoms with Crippen LogP contribution < -0.4 is 65.1 Å². The zero-order valence-corrected chi connectivity index (χ0v) is 63.8. The molecule has 0 saturated carbocycles. The molecular weight excluding hydrogens is 1480 g/mol. The Bertz CT molecular complexity index is 2720. The summed E-state index contributed by atoms with van der Waals surface area (Å²) in [6.07, 6.45) is 15.6. The Kier molecular flexibility index (Phi) is 44.8. The van der Waals surface area contributed by atoms with Crippen LogP contribution in [0.15, 0.2) is 54.6 Å². The number of rotatable bonds is 52. The normalized spacial score (nSPS) is 14.7. The number of halogens is 2. The largest absolute Gasteiger partial charge is 0.508 e. The Morgan fingerprint density at radius 2 is 0.990 bits per heavy atom. The standard InChI is InChI=1S/C71H119I2N13O12/c1-9-11-12-13-14-15-16-17-18-19-20-29-43-78-70(98)71(72,39-26-30-42-77-62(90)52-31-22-21-23-32-52)86(73)69(97)60(49(7)10-2)84-64(92)55(34-25-28-41-75)80-63(91)54(33-24-27-40-74)81-65(93)57(45-51-35-37-53(88)38-36-51)82-68(96)61(50(8)87)85-67(95)59(48(5)6)83-66(94)56(44-47(3)4)79-58(89)46-76/h21-23,31-32,35-38,47-50,54-57,59-61,87-88H,9-20,24-30,33-34,39-46,74-76H2,1-8H3,(H,77,90)(H,78,98)(H,79,89)(H,80,91)(H,81,93)(H,82,96)(H,83,94)(H,84,92)(H,85,95)/t49-,50+,54-,55-,56-,57-,59-,60-,61-,71-/m0/s1. The number of aliphatic hydroxyl groups excluding tert-OH is 1. The summed E-state index contributed by atoms with van der Waals surface area (Å²) < 4.78 is -0.0835. The van der Waals surface area contributed by atoms with Crippen LogP contribution in [0.3, 0.4) is 0 Å². The summed E-state index contributed by atoms with van der Waals surface area (Å²) in [5.41, 5.74) is 18.3. The first-order chi connectivity index (χ1) is 46.7. The van der Waals surface area contributed by atoms with Gasteiger partial charge in [-0.05, 0) is 161 Å². The van der Waals surface area contributed by atoms with E-state index in [0.29, 0.717) is 69.2 Å². The molecule has 0 unspecified atom stereocenters. The fourth-order valence-corrected chi connectivity index (χ4v) is 12.6. The van der Waals surface area contributed by atoms with Gasteiger partial charge in [0.25, 0.3) is 17.7 Å². The molecule has 0 aliphatic rings. The topological polar surface area (TPSA) is 401 Å². The van der Waals surface area contributed by atoms with E-state index in [4.69, 9.17) is 17.2 Å². The lowest BCUT2D eigenvalue weighted by molar-refractivity contribution is -0.139. The lowest BCUT2D eigenvalue weighted by Gasteiger charge is -2.37. The highest BCUT2D eigenvalue weighted by atomic mass is 127. The van der Waals surface area contributed by atoms with E-state index in [1.807, 2.05) is 79.2 Å². The van der Waals surface area contributed by atoms with Gasteiger partial charge in [0, 0.05) is 25.1 Å². The molecule has 0 spiro atoms. The van der Waals surface area contributed by atoms with Crippen LogP contribution >= 0.6 is 45.5 Å². The zero-order chi connectivity index (χ0) is 73.2. The van der Waals surface area contributed by atoms with Crippen LogP contribution in [-0.4, -0.2) is 157 Å². The number of nitrogens with two attached hydrogens (primary N) is 3. The van der Waals surface area contributed by atoms with Crippen molar-refractivity contribution in [1.29, 1.82) is 0 Å². The highest BCUT2D eigenvalue weighted by Crippen LogP contribution is 2.36. The molecule has 0 bridgehead atoms. The van der Waals surface area contributed by atoms with Crippen molar-refractivity contribution < 1.29 is 58.2 Å². The number of phenols is 1. The molecule has 17 N–H and O–H groups in total. The Morgan fingerprint density at radius 3 is 1.50 bits per heavy atom. The third kappa shape index (κ3) is 33.6. The van der Waals surface area contributed by atoms with Crippen LogP contribution in [-0.2, 0) is 49.6 Å². The second-order valence-corrected chi connectivity index (χ2v) is 29.3. The molecule has 2 aromatic carbocycles. The number of nitrogens with zero attached hydrogens (tertiary/aromatic N) is 1. The summed E-state index contributed by atoms with van der Waals surface area (Å²) >= 11 is 3.90. The maximum absolute atomic E-state index is 15.1. The number of phenolic OH excluding ortho intramolecular Hbond substituents is 1. The van der Waals surface area contributed by atoms with E-state index in [0.717, 1.165) is 25.7 Å². The molecule has 554 valence electrons. The quantitative estimate of drug-likeness (QED) is 0.0112. The fraction of sp³-hybridized carbons (Fsp3) is 0.690. The highest BCUT2D eigenvalue weighted by Gasteiger charge is 2.46. The summed E-state index contributed by atoms with van der Waals surface area (Å²) in [5.74, 6) is -7.79. The molecule has 10 atom stereocenters. The summed E-state index contributed by atoms with van der Waals surface area (Å²) in [4.78, 5) is 141. The number of aliphatic hydroxyl groups is 1. The maximum atomic E-state index is 15.1. The van der Waals surface area contributed by atoms with Crippen molar-refractivity contribution in [1.82, 2.24) is 51.0 Å². The first-order valence-corrected chi connectivity index (χ1v) is 37.7. The predicted octanol–water partition coefficient (Wildman–Crippen LogP) is 6.40. The average molecular weight is 1600 g/mol. The summed E-state index contributed by atoms with van der Waals surface area (Å²) in [7, 11) is 0. The van der Waals surface area contributed by atoms with E-state index in [2.05, 4.69) is 54.8 Å². The van der Waals surface area contributed by atoms with Gasteiger partial charge < -0.3 is 75.3 Å². The van der Waals surface area contributed by atoms with E-state index in [-0.39, 0.29) is 75.2 Å². The fourth-order valence-electron chi connectivity index (χ4n) is 11.0. The number of unbranched alkanes of at least 4 members (excludes halogenated alkanes) is 14. The third-order valence-corrected chi connectivity index (χ3v) is 21.0. The van der Waals surface area contributed by atoms with Gasteiger partial charge in [0.15, 0.2) is 3.55 Å². The molecule has 25 nitrogen and oxygen atoms in total. The van der Waals surface area contributed by atoms with Crippen LogP contribution in [0.1, 0.15) is 219 Å². The summed E-state index contributed by atoms with van der Waals surface area (Å²) in [6, 6.07) is 5.32. The van der Waals surface area contributed by atoms with Crippen LogP contribution in [0.4, 0.5) is 0 Å². The second-order valence-electron chi connectivity index (χ2n) is 26.5. The van der Waals surface area contributed by atoms with Gasteiger partial charge in [-0.25, -0.2) is 0 Å². The van der Waals surface area contributed by atoms with Gasteiger partial charge in [0.2, 0.25) is 41.4 Å². The molecule has 27 heteroatoms. The van der Waals surface area contributed by atoms with E-state index >= 15 is 4.79 Å². The Labute approximate surface area is 610 Å². The monoisotopic (exact) mass is 1600 g/mol. The molecule has 2 rings (SSSR count). The first kappa shape index (κ1) is 88.3. The van der Waals surface area contributed by atoms with E-state index in [9.17, 15) is 53.4 Å². The Balaban J connectivity index is 2.50. The van der Waals surface area contributed by atoms with Crippen molar-refractivity contribution in [3.8, 4) is 5.75 Å². The minimum Gasteiger partial charge on any atom is -0.508 e. The van der Waals surface area contributed by atoms with Crippen molar-refractivity contribution in [3.05, 3.63) is 65.7 Å². The lowest BCUT2D eigenvalue weighted by atomic mass is 9.96. The molecule has 10 amide bonds. The molecule has 0 aliphatic carbocycles. The number of alkyl halides is 1. The van der Waals surface area contributed by atoms with Crippen LogP contribution in [0, 0.1) is 17.8 Å². The zero-order valence-electron chi connectivity index (χ0n) is 59.5. The Hall–Kier alpha value is -5.76. The van der Waals surface area contributed by atoms with Crippen molar-refractivity contribution in [2.24, 2.45) is 35.0 Å². The van der Waals surface area contributed by atoms with Gasteiger partial charge in [0.05, 0.1) is 35.5 Å². The number of benzene rings is 2. The minimum absolute atomic E-state index is 0.0185. The number of hydrogen-bond donors (Lipinski definition) is 14. The van der Waals surface area contributed by atoms with Gasteiger partial charge in [-0.3, -0.25) is 51.1 Å². The SMILES string of the molecule is CCCCCCCCCCCCCCNC(=O)[C@](I)(CCCCNC(=O)c1ccccc1)N(I)C(=O)[C@@H](NC(=O)[C@H](CCCCN)NC(=O)[C@H](CCCCN)NC(=O)[C@H](Cc1ccc(O)cc1)NC(=O)[C@@H](NC(=O)[C@@H](NC(=O)[C@H](CC(C)C)NC(=O)CN)C(C)C)[C@@H](C)O)[C@@H](C)CC. The number of nitrogens with one attached hydrogen (secondary N) is 9. The maximum Gasteiger partial charge on any atom is 0.256 e. The first-order valence-electron chi connectivity index (χ1n) is 35.7. The molecule has 2 aromatic rings. The van der Waals surface area contributed by atoms with Gasteiger partial charge in [-0.15, -0.1) is 0 Å². The van der Waals surface area contributed by atoms with Crippen LogP contribution in [0.25, 0.3) is 0 Å². The van der Waals surface area contributed by atoms with Crippen molar-refractivity contribution in [2.75, 3.05) is 32.7 Å². The van der Waals surface area contributed by atoms with Crippen LogP contribution in [0.2, 0.25) is 0 Å². The molecule has 0 fully saturated rings. The molecule has 0 aromatic heterocycles. The molecular formula is C71H119I2N13O12. The number of amides is 10. The lowest BCUT2D eigenvalue weighted by Crippen LogP contribution is -2.63. The van der Waals surface area contributed by atoms with Gasteiger partial charge >= 0.3 is 0 Å². The number of carbonyl (C=O) groups is 10. The van der Waals surface area contributed by atoms with Crippen molar-refractivity contribution >= 4 is 105 Å². The summed E-state index contributed by atoms with van der Waals surface area (Å²) in [5, 5.41) is 46.2. The number of hydrogen-bond acceptors (Lipinski definition) is 15. The van der Waals surface area contributed by atoms with E-state index in [1.165, 1.54) is 85.7 Å². The second kappa shape index (κ2) is 49.7. The molecule has 0 aliphatic heterocycles. The molecule has 0 radical (unpaired) electrons. The van der Waals surface area contributed by atoms with Gasteiger partial charge in [-0.1, -0.05) is 156 Å². The van der Waals surface area contributed by atoms with E-state index < -0.39 is 111 Å². The smallest absolute Gasteiger partial charge is 0.256 e. The van der Waals surface area contributed by atoms with Crippen molar-refractivity contribution in [3.63, 3.8) is 0 Å². The Morgan fingerprint density at radius 1 is 0.520 bits per heavy atom. The molecule has 98 heavy (non-hydrogen) atoms. The number of aromatic hydroxyl groups is 1. The van der Waals surface area contributed by atoms with Gasteiger partial charge in [0.1, 0.15) is 48.0 Å². The molecule has 0 saturated heterocycles. The van der Waals surface area contributed by atoms with E-state index in [1.54, 1.807) is 38.1 Å².